The first-order valence-corrected chi connectivity index (χ1v) is 10.8. The van der Waals surface area contributed by atoms with E-state index in [1.165, 1.54) is 35.6 Å². The lowest BCUT2D eigenvalue weighted by Crippen LogP contribution is -2.43. The van der Waals surface area contributed by atoms with Crippen LogP contribution < -0.4 is 5.32 Å². The zero-order valence-electron chi connectivity index (χ0n) is 17.3. The van der Waals surface area contributed by atoms with Gasteiger partial charge in [-0.3, -0.25) is 9.59 Å². The number of thiophene rings is 1. The van der Waals surface area contributed by atoms with Crippen LogP contribution in [-0.2, 0) is 9.53 Å². The smallest absolute Gasteiger partial charge is 0.341 e. The second-order valence-electron chi connectivity index (χ2n) is 7.29. The molecule has 1 N–H and O–H groups in total. The molecule has 1 aromatic heterocycles. The molecular formula is C22H25FN2O4S. The zero-order valence-corrected chi connectivity index (χ0v) is 18.1. The van der Waals surface area contributed by atoms with Crippen LogP contribution in [0.4, 0.5) is 9.39 Å². The van der Waals surface area contributed by atoms with Crippen LogP contribution in [0.3, 0.4) is 0 Å². The number of esters is 1. The monoisotopic (exact) mass is 432 g/mol. The predicted octanol–water partition coefficient (Wildman–Crippen LogP) is 4.17. The summed E-state index contributed by atoms with van der Waals surface area (Å²) in [5, 5.41) is 3.36. The molecule has 1 aromatic carbocycles. The van der Waals surface area contributed by atoms with Crippen LogP contribution in [-0.4, -0.2) is 42.4 Å². The Hall–Kier alpha value is -2.74. The number of benzene rings is 1. The molecule has 0 radical (unpaired) electrons. The van der Waals surface area contributed by atoms with Crippen LogP contribution in [0.25, 0.3) is 0 Å². The number of ether oxygens (including phenoxy) is 1. The molecule has 3 rings (SSSR count). The van der Waals surface area contributed by atoms with Crippen LogP contribution in [0.5, 0.6) is 0 Å². The lowest BCUT2D eigenvalue weighted by atomic mass is 9.96. The number of halogens is 1. The van der Waals surface area contributed by atoms with E-state index in [4.69, 9.17) is 4.74 Å². The number of rotatable bonds is 5. The van der Waals surface area contributed by atoms with Crippen LogP contribution in [0.2, 0.25) is 0 Å². The highest BCUT2D eigenvalue weighted by molar-refractivity contribution is 7.16. The van der Waals surface area contributed by atoms with Crippen LogP contribution in [0.1, 0.15) is 50.9 Å². The van der Waals surface area contributed by atoms with E-state index in [2.05, 4.69) is 5.32 Å². The number of anilines is 1. The Morgan fingerprint density at radius 1 is 1.23 bits per heavy atom. The second-order valence-corrected chi connectivity index (χ2v) is 8.52. The number of likely N-dealkylation sites (tertiary alicyclic amines) is 1. The summed E-state index contributed by atoms with van der Waals surface area (Å²) in [4.78, 5) is 40.5. The Kier molecular flexibility index (Phi) is 6.87. The van der Waals surface area contributed by atoms with Gasteiger partial charge in [0.2, 0.25) is 5.91 Å². The maximum absolute atomic E-state index is 13.1. The Labute approximate surface area is 179 Å². The molecule has 2 amide bonds. The maximum Gasteiger partial charge on any atom is 0.341 e. The highest BCUT2D eigenvalue weighted by atomic mass is 32.1. The first kappa shape index (κ1) is 22.0. The molecule has 0 unspecified atom stereocenters. The number of carbonyl (C=O) groups excluding carboxylic acids is 3. The summed E-state index contributed by atoms with van der Waals surface area (Å²) in [7, 11) is 0. The molecule has 2 heterocycles. The lowest BCUT2D eigenvalue weighted by molar-refractivity contribution is -0.121. The summed E-state index contributed by atoms with van der Waals surface area (Å²) in [6, 6.07) is 5.40. The Balaban J connectivity index is 1.72. The summed E-state index contributed by atoms with van der Waals surface area (Å²) in [6.45, 7) is 6.54. The van der Waals surface area contributed by atoms with Crippen molar-refractivity contribution in [1.82, 2.24) is 4.90 Å². The average Bonchev–Trinajstić information content (AvgIpc) is 3.01. The van der Waals surface area contributed by atoms with E-state index in [1.54, 1.807) is 11.8 Å². The molecule has 1 saturated heterocycles. The first-order valence-electron chi connectivity index (χ1n) is 9.94. The number of hydrogen-bond acceptors (Lipinski definition) is 5. The molecule has 6 nitrogen and oxygen atoms in total. The van der Waals surface area contributed by atoms with Crippen molar-refractivity contribution in [2.45, 2.75) is 33.6 Å². The van der Waals surface area contributed by atoms with Crippen molar-refractivity contribution in [3.05, 3.63) is 51.7 Å². The molecule has 160 valence electrons. The van der Waals surface area contributed by atoms with Crippen molar-refractivity contribution < 1.29 is 23.5 Å². The van der Waals surface area contributed by atoms with E-state index >= 15 is 0 Å². The SMILES string of the molecule is CCOC(=O)c1c(NC(=O)[C@H]2CCCN(C(=O)c3ccc(F)cc3)C2)sc(C)c1C. The van der Waals surface area contributed by atoms with Gasteiger partial charge in [0.1, 0.15) is 10.8 Å². The highest BCUT2D eigenvalue weighted by Gasteiger charge is 2.30. The summed E-state index contributed by atoms with van der Waals surface area (Å²) in [6.07, 6.45) is 1.34. The van der Waals surface area contributed by atoms with Crippen molar-refractivity contribution in [3.63, 3.8) is 0 Å². The van der Waals surface area contributed by atoms with Gasteiger partial charge in [0.05, 0.1) is 18.1 Å². The molecule has 8 heteroatoms. The molecule has 0 aliphatic carbocycles. The van der Waals surface area contributed by atoms with Crippen molar-refractivity contribution in [3.8, 4) is 0 Å². The topological polar surface area (TPSA) is 75.7 Å². The van der Waals surface area contributed by atoms with Crippen LogP contribution in [0, 0.1) is 25.6 Å². The largest absolute Gasteiger partial charge is 0.462 e. The lowest BCUT2D eigenvalue weighted by Gasteiger charge is -2.32. The van der Waals surface area contributed by atoms with Gasteiger partial charge in [-0.2, -0.15) is 0 Å². The molecule has 0 bridgehead atoms. The Morgan fingerprint density at radius 3 is 2.60 bits per heavy atom. The number of nitrogens with one attached hydrogen (secondary N) is 1. The summed E-state index contributed by atoms with van der Waals surface area (Å²) >= 11 is 1.34. The Morgan fingerprint density at radius 2 is 1.93 bits per heavy atom. The molecule has 1 fully saturated rings. The van der Waals surface area contributed by atoms with E-state index in [-0.39, 0.29) is 30.9 Å². The fraction of sp³-hybridized carbons (Fsp3) is 0.409. The molecule has 2 aromatic rings. The highest BCUT2D eigenvalue weighted by Crippen LogP contribution is 2.34. The van der Waals surface area contributed by atoms with Gasteiger partial charge in [-0.1, -0.05) is 0 Å². The number of hydrogen-bond donors (Lipinski definition) is 1. The maximum atomic E-state index is 13.1. The summed E-state index contributed by atoms with van der Waals surface area (Å²) < 4.78 is 18.3. The Bertz CT molecular complexity index is 955. The normalized spacial score (nSPS) is 16.3. The third kappa shape index (κ3) is 4.70. The predicted molar refractivity (Wildman–Crippen MR) is 113 cm³/mol. The van der Waals surface area contributed by atoms with E-state index in [1.807, 2.05) is 13.8 Å². The number of nitrogens with zero attached hydrogens (tertiary/aromatic N) is 1. The zero-order chi connectivity index (χ0) is 21.8. The molecule has 1 aliphatic rings. The number of aryl methyl sites for hydroxylation is 1. The third-order valence-corrected chi connectivity index (χ3v) is 6.39. The van der Waals surface area contributed by atoms with E-state index < -0.39 is 11.8 Å². The standard InChI is InChI=1S/C22H25FN2O4S/c1-4-29-22(28)18-13(2)14(3)30-20(18)24-19(26)16-6-5-11-25(12-16)21(27)15-7-9-17(23)10-8-15/h7-10,16H,4-6,11-12H2,1-3H3,(H,24,26)/t16-/m0/s1. The van der Waals surface area contributed by atoms with E-state index in [0.29, 0.717) is 35.5 Å². The average molecular weight is 433 g/mol. The minimum Gasteiger partial charge on any atom is -0.462 e. The van der Waals surface area contributed by atoms with Gasteiger partial charge in [0, 0.05) is 23.5 Å². The molecule has 0 saturated carbocycles. The van der Waals surface area contributed by atoms with Gasteiger partial charge in [0.25, 0.3) is 5.91 Å². The van der Waals surface area contributed by atoms with E-state index in [0.717, 1.165) is 10.4 Å². The van der Waals surface area contributed by atoms with Crippen molar-refractivity contribution in [2.75, 3.05) is 25.0 Å². The number of amides is 2. The minimum absolute atomic E-state index is 0.220. The molecule has 1 aliphatic heterocycles. The number of piperidine rings is 1. The third-order valence-electron chi connectivity index (χ3n) is 5.27. The van der Waals surface area contributed by atoms with Gasteiger partial charge >= 0.3 is 5.97 Å². The van der Waals surface area contributed by atoms with Gasteiger partial charge in [0.15, 0.2) is 0 Å². The fourth-order valence-electron chi connectivity index (χ4n) is 3.53. The second kappa shape index (κ2) is 9.38. The summed E-state index contributed by atoms with van der Waals surface area (Å²) in [5.74, 6) is -1.69. The molecular weight excluding hydrogens is 407 g/mol. The minimum atomic E-state index is -0.452. The van der Waals surface area contributed by atoms with Gasteiger partial charge in [-0.25, -0.2) is 9.18 Å². The summed E-state index contributed by atoms with van der Waals surface area (Å²) in [5.41, 5.74) is 1.58. The quantitative estimate of drug-likeness (QED) is 0.720. The number of carbonyl (C=O) groups is 3. The van der Waals surface area contributed by atoms with Crippen LogP contribution >= 0.6 is 11.3 Å². The van der Waals surface area contributed by atoms with Crippen molar-refractivity contribution in [2.24, 2.45) is 5.92 Å². The molecule has 1 atom stereocenters. The molecule has 30 heavy (non-hydrogen) atoms. The van der Waals surface area contributed by atoms with Gasteiger partial charge in [-0.15, -0.1) is 11.3 Å². The van der Waals surface area contributed by atoms with Gasteiger partial charge in [-0.05, 0) is 63.4 Å². The van der Waals surface area contributed by atoms with Crippen molar-refractivity contribution >= 4 is 34.1 Å². The van der Waals surface area contributed by atoms with E-state index in [9.17, 15) is 18.8 Å². The fourth-order valence-corrected chi connectivity index (χ4v) is 4.58. The molecule has 0 spiro atoms. The van der Waals surface area contributed by atoms with Crippen molar-refractivity contribution in [1.29, 1.82) is 0 Å². The van der Waals surface area contributed by atoms with Gasteiger partial charge < -0.3 is 15.0 Å². The van der Waals surface area contributed by atoms with Crippen LogP contribution in [0.15, 0.2) is 24.3 Å². The first-order chi connectivity index (χ1) is 14.3.